The van der Waals surface area contributed by atoms with Gasteiger partial charge in [0.25, 0.3) is 0 Å². The van der Waals surface area contributed by atoms with Gasteiger partial charge in [-0.05, 0) is 30.4 Å². The molecule has 1 heterocycles. The zero-order chi connectivity index (χ0) is 13.7. The van der Waals surface area contributed by atoms with Gasteiger partial charge in [-0.25, -0.2) is 0 Å². The minimum Gasteiger partial charge on any atom is -0.507 e. The molecule has 0 saturated carbocycles. The van der Waals surface area contributed by atoms with E-state index in [9.17, 15) is 5.11 Å². The first-order valence-corrected chi connectivity index (χ1v) is 7.13. The first-order valence-electron chi connectivity index (χ1n) is 6.60. The summed E-state index contributed by atoms with van der Waals surface area (Å²) in [6, 6.07) is 8.29. The van der Waals surface area contributed by atoms with E-state index in [-0.39, 0.29) is 0 Å². The molecule has 0 saturated heterocycles. The average molecular weight is 276 g/mol. The largest absolute Gasteiger partial charge is 0.507 e. The highest BCUT2D eigenvalue weighted by Crippen LogP contribution is 2.48. The van der Waals surface area contributed by atoms with Crippen LogP contribution in [-0.4, -0.2) is 24.1 Å². The van der Waals surface area contributed by atoms with E-state index in [0.29, 0.717) is 23.6 Å². The normalized spacial score (nSPS) is 22.0. The molecule has 19 heavy (non-hydrogen) atoms. The fourth-order valence-corrected chi connectivity index (χ4v) is 3.67. The number of aryl methyl sites for hydroxylation is 1. The minimum atomic E-state index is 0.311. The zero-order valence-electron chi connectivity index (χ0n) is 11.4. The summed E-state index contributed by atoms with van der Waals surface area (Å²) in [5.41, 5.74) is 3.59. The number of hydrogen-bond acceptors (Lipinski definition) is 2. The molecule has 0 aliphatic carbocycles. The Morgan fingerprint density at radius 1 is 1.37 bits per heavy atom. The van der Waals surface area contributed by atoms with Crippen molar-refractivity contribution in [2.45, 2.75) is 25.8 Å². The Hall–Kier alpha value is -1.41. The van der Waals surface area contributed by atoms with Crippen LogP contribution in [-0.2, 0) is 0 Å². The molecular formula is C16H18ClNO. The molecule has 100 valence electrons. The van der Waals surface area contributed by atoms with Gasteiger partial charge in [0.15, 0.2) is 0 Å². The van der Waals surface area contributed by atoms with Crippen LogP contribution in [0.15, 0.2) is 24.3 Å². The van der Waals surface area contributed by atoms with Crippen LogP contribution >= 0.6 is 11.6 Å². The highest BCUT2D eigenvalue weighted by Gasteiger charge is 2.35. The lowest BCUT2D eigenvalue weighted by Gasteiger charge is -2.21. The molecule has 0 unspecified atom stereocenters. The molecule has 2 nitrogen and oxygen atoms in total. The van der Waals surface area contributed by atoms with Gasteiger partial charge in [0, 0.05) is 42.0 Å². The molecule has 0 fully saturated rings. The van der Waals surface area contributed by atoms with Crippen molar-refractivity contribution in [3.63, 3.8) is 0 Å². The minimum absolute atomic E-state index is 0.311. The summed E-state index contributed by atoms with van der Waals surface area (Å²) in [6.07, 6.45) is 0. The molecule has 3 heteroatoms. The SMILES string of the molecule is Cc1cccc2c(O)cc3c(c12)[C@H](CCl)[C@H](C)N3C. The van der Waals surface area contributed by atoms with E-state index < -0.39 is 0 Å². The fraction of sp³-hybridized carbons (Fsp3) is 0.375. The molecule has 3 rings (SSSR count). The van der Waals surface area contributed by atoms with Crippen LogP contribution in [0.4, 0.5) is 5.69 Å². The number of anilines is 1. The quantitative estimate of drug-likeness (QED) is 0.795. The first kappa shape index (κ1) is 12.6. The number of alkyl halides is 1. The summed E-state index contributed by atoms with van der Waals surface area (Å²) in [4.78, 5) is 2.22. The number of fused-ring (bicyclic) bond motifs is 3. The van der Waals surface area contributed by atoms with E-state index in [2.05, 4.69) is 31.9 Å². The molecular weight excluding hydrogens is 258 g/mol. The van der Waals surface area contributed by atoms with Crippen molar-refractivity contribution in [3.8, 4) is 5.75 Å². The number of aromatic hydroxyl groups is 1. The number of nitrogens with zero attached hydrogens (tertiary/aromatic N) is 1. The number of hydrogen-bond donors (Lipinski definition) is 1. The van der Waals surface area contributed by atoms with Gasteiger partial charge in [-0.3, -0.25) is 0 Å². The molecule has 0 spiro atoms. The van der Waals surface area contributed by atoms with Gasteiger partial charge in [-0.15, -0.1) is 11.6 Å². The van der Waals surface area contributed by atoms with Crippen LogP contribution in [0.1, 0.15) is 24.0 Å². The molecule has 1 aliphatic heterocycles. The van der Waals surface area contributed by atoms with E-state index in [1.165, 1.54) is 16.5 Å². The molecule has 0 amide bonds. The molecule has 2 aromatic rings. The van der Waals surface area contributed by atoms with E-state index in [1.807, 2.05) is 18.2 Å². The van der Waals surface area contributed by atoms with Crippen molar-refractivity contribution in [2.75, 3.05) is 17.8 Å². The lowest BCUT2D eigenvalue weighted by atomic mass is 9.90. The maximum Gasteiger partial charge on any atom is 0.125 e. The van der Waals surface area contributed by atoms with Crippen molar-refractivity contribution in [1.29, 1.82) is 0 Å². The zero-order valence-corrected chi connectivity index (χ0v) is 12.2. The van der Waals surface area contributed by atoms with Gasteiger partial charge in [0.05, 0.1) is 0 Å². The van der Waals surface area contributed by atoms with Crippen LogP contribution in [0.3, 0.4) is 0 Å². The summed E-state index contributed by atoms with van der Waals surface area (Å²) < 4.78 is 0. The van der Waals surface area contributed by atoms with Crippen molar-refractivity contribution in [1.82, 2.24) is 0 Å². The predicted molar refractivity (Wildman–Crippen MR) is 81.7 cm³/mol. The third-order valence-electron chi connectivity index (χ3n) is 4.48. The Morgan fingerprint density at radius 3 is 2.79 bits per heavy atom. The predicted octanol–water partition coefficient (Wildman–Crippen LogP) is 4.01. The average Bonchev–Trinajstić information content (AvgIpc) is 2.63. The monoisotopic (exact) mass is 275 g/mol. The third kappa shape index (κ3) is 1.63. The standard InChI is InChI=1S/C16H18ClNO/c1-9-5-4-6-11-14(19)7-13-16(15(9)11)12(8-17)10(2)18(13)3/h4-7,10,12,19H,8H2,1-3H3/t10-,12+/m0/s1. The number of rotatable bonds is 1. The fourth-order valence-electron chi connectivity index (χ4n) is 3.26. The molecule has 2 atom stereocenters. The van der Waals surface area contributed by atoms with Gasteiger partial charge in [-0.1, -0.05) is 18.2 Å². The van der Waals surface area contributed by atoms with Crippen LogP contribution in [0.5, 0.6) is 5.75 Å². The second-order valence-corrected chi connectivity index (χ2v) is 5.75. The lowest BCUT2D eigenvalue weighted by Crippen LogP contribution is -2.27. The second kappa shape index (κ2) is 4.31. The summed E-state index contributed by atoms with van der Waals surface area (Å²) in [6.45, 7) is 4.28. The van der Waals surface area contributed by atoms with Crippen LogP contribution in [0, 0.1) is 6.92 Å². The summed E-state index contributed by atoms with van der Waals surface area (Å²) in [5, 5.41) is 12.4. The highest BCUT2D eigenvalue weighted by atomic mass is 35.5. The van der Waals surface area contributed by atoms with Gasteiger partial charge in [0.1, 0.15) is 5.75 Å². The molecule has 0 aromatic heterocycles. The van der Waals surface area contributed by atoms with Crippen molar-refractivity contribution >= 4 is 28.1 Å². The van der Waals surface area contributed by atoms with Gasteiger partial charge < -0.3 is 10.0 Å². The first-order chi connectivity index (χ1) is 9.06. The smallest absolute Gasteiger partial charge is 0.125 e. The molecule has 0 bridgehead atoms. The van der Waals surface area contributed by atoms with Crippen LogP contribution in [0.25, 0.3) is 10.8 Å². The topological polar surface area (TPSA) is 23.5 Å². The van der Waals surface area contributed by atoms with Crippen LogP contribution in [0.2, 0.25) is 0 Å². The number of benzene rings is 2. The van der Waals surface area contributed by atoms with Gasteiger partial charge >= 0.3 is 0 Å². The lowest BCUT2D eigenvalue weighted by molar-refractivity contribution is 0.481. The molecule has 0 radical (unpaired) electrons. The Bertz CT molecular complexity index is 653. The third-order valence-corrected chi connectivity index (χ3v) is 4.81. The van der Waals surface area contributed by atoms with Crippen molar-refractivity contribution in [3.05, 3.63) is 35.4 Å². The Balaban J connectivity index is 2.44. The van der Waals surface area contributed by atoms with E-state index >= 15 is 0 Å². The molecule has 1 N–H and O–H groups in total. The maximum absolute atomic E-state index is 10.3. The molecule has 1 aliphatic rings. The summed E-state index contributed by atoms with van der Waals surface area (Å²) >= 11 is 6.20. The van der Waals surface area contributed by atoms with E-state index in [4.69, 9.17) is 11.6 Å². The van der Waals surface area contributed by atoms with Gasteiger partial charge in [-0.2, -0.15) is 0 Å². The second-order valence-electron chi connectivity index (χ2n) is 5.44. The van der Waals surface area contributed by atoms with Gasteiger partial charge in [0.2, 0.25) is 0 Å². The number of phenols is 1. The Kier molecular flexibility index (Phi) is 2.86. The maximum atomic E-state index is 10.3. The number of likely N-dealkylation sites (N-methyl/N-ethyl adjacent to an activating group) is 1. The number of phenolic OH excluding ortho intramolecular Hbond substituents is 1. The van der Waals surface area contributed by atoms with Crippen LogP contribution < -0.4 is 4.90 Å². The summed E-state index contributed by atoms with van der Waals surface area (Å²) in [5.74, 6) is 1.27. The van der Waals surface area contributed by atoms with E-state index in [0.717, 1.165) is 11.1 Å². The van der Waals surface area contributed by atoms with Crippen molar-refractivity contribution < 1.29 is 5.11 Å². The summed E-state index contributed by atoms with van der Waals surface area (Å²) in [7, 11) is 2.07. The van der Waals surface area contributed by atoms with Crippen molar-refractivity contribution in [2.24, 2.45) is 0 Å². The Labute approximate surface area is 118 Å². The van der Waals surface area contributed by atoms with E-state index in [1.54, 1.807) is 0 Å². The Morgan fingerprint density at radius 2 is 2.11 bits per heavy atom. The molecule has 2 aromatic carbocycles. The highest BCUT2D eigenvalue weighted by molar-refractivity contribution is 6.19. The number of halogens is 1.